The molecule has 7 heteroatoms. The fourth-order valence-corrected chi connectivity index (χ4v) is 2.20. The Bertz CT molecular complexity index is 473. The second kappa shape index (κ2) is 8.73. The molecule has 1 fully saturated rings. The Hall–Kier alpha value is -1.80. The molecular weight excluding hydrogens is 302 g/mol. The van der Waals surface area contributed by atoms with E-state index in [0.29, 0.717) is 13.2 Å². The fraction of sp³-hybridized carbons (Fsp3) is 0.500. The van der Waals surface area contributed by atoms with Crippen molar-refractivity contribution < 1.29 is 28.6 Å². The minimum atomic E-state index is -0.845. The first-order valence-electron chi connectivity index (χ1n) is 7.43. The highest BCUT2D eigenvalue weighted by Crippen LogP contribution is 2.21. The molecule has 0 unspecified atom stereocenters. The van der Waals surface area contributed by atoms with Gasteiger partial charge >= 0.3 is 0 Å². The van der Waals surface area contributed by atoms with Crippen LogP contribution in [0, 0.1) is 0 Å². The third-order valence-electron chi connectivity index (χ3n) is 3.27. The number of hydrogen-bond acceptors (Lipinski definition) is 6. The Morgan fingerprint density at radius 1 is 1.17 bits per heavy atom. The van der Waals surface area contributed by atoms with Crippen LogP contribution in [-0.2, 0) is 28.6 Å². The quantitative estimate of drug-likeness (QED) is 0.360. The molecule has 126 valence electrons. The van der Waals surface area contributed by atoms with Crippen molar-refractivity contribution in [3.8, 4) is 0 Å². The first kappa shape index (κ1) is 17.6. The van der Waals surface area contributed by atoms with Crippen molar-refractivity contribution in [2.24, 2.45) is 0 Å². The molecule has 0 N–H and O–H groups in total. The summed E-state index contributed by atoms with van der Waals surface area (Å²) >= 11 is 0. The van der Waals surface area contributed by atoms with Crippen LogP contribution in [0.5, 0.6) is 0 Å². The molecule has 23 heavy (non-hydrogen) atoms. The summed E-state index contributed by atoms with van der Waals surface area (Å²) in [5, 5.41) is 0.765. The zero-order valence-electron chi connectivity index (χ0n) is 12.9. The normalized spacial score (nSPS) is 27.5. The van der Waals surface area contributed by atoms with Crippen LogP contribution in [0.2, 0.25) is 0 Å². The SMILES string of the molecule is C=CCOC[C@H]1O[C@H](ON2C(=O)CCC2=O)C=C[C@@H]1OCC=C. The molecule has 0 aromatic rings. The Labute approximate surface area is 135 Å². The predicted octanol–water partition coefficient (Wildman–Crippen LogP) is 1.12. The van der Waals surface area contributed by atoms with Gasteiger partial charge in [0.05, 0.1) is 19.8 Å². The maximum absolute atomic E-state index is 11.6. The second-order valence-corrected chi connectivity index (χ2v) is 5.03. The van der Waals surface area contributed by atoms with E-state index in [1.165, 1.54) is 0 Å². The topological polar surface area (TPSA) is 74.3 Å². The Kier molecular flexibility index (Phi) is 6.66. The monoisotopic (exact) mass is 323 g/mol. The molecule has 0 saturated carbocycles. The van der Waals surface area contributed by atoms with Crippen LogP contribution < -0.4 is 0 Å². The molecule has 2 aliphatic heterocycles. The van der Waals surface area contributed by atoms with E-state index in [1.807, 2.05) is 0 Å². The molecule has 2 aliphatic rings. The molecule has 0 aromatic heterocycles. The lowest BCUT2D eigenvalue weighted by Gasteiger charge is -2.32. The minimum Gasteiger partial charge on any atom is -0.375 e. The number of rotatable bonds is 9. The predicted molar refractivity (Wildman–Crippen MR) is 80.9 cm³/mol. The van der Waals surface area contributed by atoms with Gasteiger partial charge in [-0.3, -0.25) is 9.59 Å². The molecule has 7 nitrogen and oxygen atoms in total. The third-order valence-corrected chi connectivity index (χ3v) is 3.27. The highest BCUT2D eigenvalue weighted by Gasteiger charge is 2.35. The lowest BCUT2D eigenvalue weighted by atomic mass is 10.1. The summed E-state index contributed by atoms with van der Waals surface area (Å²) in [5.41, 5.74) is 0. The number of ether oxygens (including phenoxy) is 3. The molecule has 2 rings (SSSR count). The van der Waals surface area contributed by atoms with E-state index in [1.54, 1.807) is 24.3 Å². The lowest BCUT2D eigenvalue weighted by Crippen LogP contribution is -2.44. The van der Waals surface area contributed by atoms with Crippen LogP contribution in [0.1, 0.15) is 12.8 Å². The third kappa shape index (κ3) is 4.84. The maximum Gasteiger partial charge on any atom is 0.254 e. The van der Waals surface area contributed by atoms with Crippen molar-refractivity contribution in [2.45, 2.75) is 31.3 Å². The number of carbonyl (C=O) groups excluding carboxylic acids is 2. The van der Waals surface area contributed by atoms with Crippen LogP contribution in [-0.4, -0.2) is 55.2 Å². The van der Waals surface area contributed by atoms with Gasteiger partial charge in [0, 0.05) is 12.8 Å². The number of hydrogen-bond donors (Lipinski definition) is 0. The lowest BCUT2D eigenvalue weighted by molar-refractivity contribution is -0.267. The van der Waals surface area contributed by atoms with Gasteiger partial charge in [-0.1, -0.05) is 18.2 Å². The zero-order chi connectivity index (χ0) is 16.7. The Morgan fingerprint density at radius 3 is 2.52 bits per heavy atom. The molecule has 0 bridgehead atoms. The molecular formula is C16H21NO6. The average molecular weight is 323 g/mol. The molecule has 0 spiro atoms. The molecule has 2 amide bonds. The molecule has 3 atom stereocenters. The summed E-state index contributed by atoms with van der Waals surface area (Å²) in [5.74, 6) is -0.729. The van der Waals surface area contributed by atoms with Crippen molar-refractivity contribution in [1.82, 2.24) is 5.06 Å². The molecule has 2 heterocycles. The second-order valence-electron chi connectivity index (χ2n) is 5.03. The first-order chi connectivity index (χ1) is 11.2. The van der Waals surface area contributed by atoms with Crippen LogP contribution in [0.25, 0.3) is 0 Å². The summed E-state index contributed by atoms with van der Waals surface area (Å²) < 4.78 is 16.7. The van der Waals surface area contributed by atoms with Gasteiger partial charge in [0.2, 0.25) is 6.29 Å². The van der Waals surface area contributed by atoms with Crippen LogP contribution >= 0.6 is 0 Å². The van der Waals surface area contributed by atoms with Gasteiger partial charge in [-0.05, 0) is 6.08 Å². The van der Waals surface area contributed by atoms with Crippen molar-refractivity contribution in [1.29, 1.82) is 0 Å². The van der Waals surface area contributed by atoms with Crippen molar-refractivity contribution in [3.63, 3.8) is 0 Å². The van der Waals surface area contributed by atoms with E-state index in [4.69, 9.17) is 19.0 Å². The molecule has 1 saturated heterocycles. The van der Waals surface area contributed by atoms with Crippen LogP contribution in [0.15, 0.2) is 37.5 Å². The van der Waals surface area contributed by atoms with E-state index in [0.717, 1.165) is 5.06 Å². The first-order valence-corrected chi connectivity index (χ1v) is 7.43. The number of carbonyl (C=O) groups is 2. The Morgan fingerprint density at radius 2 is 1.87 bits per heavy atom. The van der Waals surface area contributed by atoms with E-state index in [2.05, 4.69) is 13.2 Å². The number of amides is 2. The van der Waals surface area contributed by atoms with Gasteiger partial charge in [0.25, 0.3) is 11.8 Å². The number of imide groups is 1. The van der Waals surface area contributed by atoms with E-state index < -0.39 is 12.4 Å². The highest BCUT2D eigenvalue weighted by molar-refractivity contribution is 6.00. The van der Waals surface area contributed by atoms with Crippen LogP contribution in [0.4, 0.5) is 0 Å². The fourth-order valence-electron chi connectivity index (χ4n) is 2.20. The number of nitrogens with zero attached hydrogens (tertiary/aromatic N) is 1. The van der Waals surface area contributed by atoms with Crippen molar-refractivity contribution in [3.05, 3.63) is 37.5 Å². The smallest absolute Gasteiger partial charge is 0.254 e. The summed E-state index contributed by atoms with van der Waals surface area (Å²) in [4.78, 5) is 28.5. The van der Waals surface area contributed by atoms with Gasteiger partial charge in [-0.25, -0.2) is 4.84 Å². The highest BCUT2D eigenvalue weighted by atomic mass is 16.8. The Balaban J connectivity index is 1.96. The summed E-state index contributed by atoms with van der Waals surface area (Å²) in [6, 6.07) is 0. The number of hydroxylamine groups is 2. The molecule has 0 aromatic carbocycles. The van der Waals surface area contributed by atoms with Gasteiger partial charge in [0.15, 0.2) is 0 Å². The van der Waals surface area contributed by atoms with Gasteiger partial charge in [0.1, 0.15) is 12.2 Å². The van der Waals surface area contributed by atoms with Gasteiger partial charge in [-0.15, -0.1) is 13.2 Å². The van der Waals surface area contributed by atoms with Crippen molar-refractivity contribution >= 4 is 11.8 Å². The van der Waals surface area contributed by atoms with Gasteiger partial charge in [-0.2, -0.15) is 5.06 Å². The summed E-state index contributed by atoms with van der Waals surface area (Å²) in [6.07, 6.45) is 5.36. The minimum absolute atomic E-state index is 0.159. The average Bonchev–Trinajstić information content (AvgIpc) is 2.86. The standard InChI is InChI=1S/C16H21NO6/c1-3-9-20-11-13-12(21-10-4-2)5-8-16(22-13)23-17-14(18)6-7-15(17)19/h3-5,8,12-13,16H,1-2,6-7,9-11H2/t12-,13+,16+/m0/s1. The van der Waals surface area contributed by atoms with E-state index in [9.17, 15) is 9.59 Å². The zero-order valence-corrected chi connectivity index (χ0v) is 12.9. The summed E-state index contributed by atoms with van der Waals surface area (Å²) in [7, 11) is 0. The summed E-state index contributed by atoms with van der Waals surface area (Å²) in [6.45, 7) is 8.20. The molecule has 0 radical (unpaired) electrons. The van der Waals surface area contributed by atoms with E-state index in [-0.39, 0.29) is 37.4 Å². The van der Waals surface area contributed by atoms with Crippen LogP contribution in [0.3, 0.4) is 0 Å². The van der Waals surface area contributed by atoms with Gasteiger partial charge < -0.3 is 14.2 Å². The molecule has 0 aliphatic carbocycles. The largest absolute Gasteiger partial charge is 0.375 e. The van der Waals surface area contributed by atoms with E-state index >= 15 is 0 Å². The van der Waals surface area contributed by atoms with Crippen molar-refractivity contribution in [2.75, 3.05) is 19.8 Å². The maximum atomic E-state index is 11.6.